The van der Waals surface area contributed by atoms with Crippen molar-refractivity contribution in [3.05, 3.63) is 89.9 Å². The summed E-state index contributed by atoms with van der Waals surface area (Å²) in [6.45, 7) is 0.163. The van der Waals surface area contributed by atoms with Crippen LogP contribution in [0.5, 0.6) is 0 Å². The third kappa shape index (κ3) is 6.63. The fourth-order valence-corrected chi connectivity index (χ4v) is 3.49. The molecule has 0 atom stereocenters. The van der Waals surface area contributed by atoms with E-state index < -0.39 is 21.8 Å². The van der Waals surface area contributed by atoms with Crippen LogP contribution >= 0.6 is 0 Å². The first-order chi connectivity index (χ1) is 14.9. The fourth-order valence-electron chi connectivity index (χ4n) is 2.47. The molecule has 1 aromatic heterocycles. The number of furan rings is 1. The molecule has 3 N–H and O–H groups in total. The smallest absolute Gasteiger partial charge is 0.329 e. The Kier molecular flexibility index (Phi) is 7.31. The van der Waals surface area contributed by atoms with Gasteiger partial charge in [0.05, 0.1) is 17.7 Å². The molecule has 1 heterocycles. The van der Waals surface area contributed by atoms with E-state index in [0.29, 0.717) is 5.76 Å². The number of amides is 2. The van der Waals surface area contributed by atoms with E-state index in [1.165, 1.54) is 18.3 Å². The maximum Gasteiger partial charge on any atom is 0.329 e. The second kappa shape index (κ2) is 10.3. The summed E-state index contributed by atoms with van der Waals surface area (Å²) >= 11 is 0. The molecule has 3 aromatic rings. The van der Waals surface area contributed by atoms with Gasteiger partial charge in [-0.25, -0.2) is 18.6 Å². The molecule has 0 radical (unpaired) electrons. The Labute approximate surface area is 179 Å². The normalized spacial score (nSPS) is 11.4. The van der Waals surface area contributed by atoms with Gasteiger partial charge in [-0.15, -0.1) is 0 Å². The number of benzene rings is 2. The molecule has 31 heavy (non-hydrogen) atoms. The Bertz CT molecular complexity index is 1160. The van der Waals surface area contributed by atoms with Crippen LogP contribution in [0.3, 0.4) is 0 Å². The third-order valence-corrected chi connectivity index (χ3v) is 5.45. The molecule has 0 spiro atoms. The summed E-state index contributed by atoms with van der Waals surface area (Å²) in [4.78, 5) is 23.7. The average Bonchev–Trinajstić information content (AvgIpc) is 3.25. The summed E-state index contributed by atoms with van der Waals surface area (Å²) in [5.74, 6) is -1.11. The highest BCUT2D eigenvalue weighted by atomic mass is 32.2. The Hall–Kier alpha value is -3.76. The van der Waals surface area contributed by atoms with Crippen LogP contribution in [0, 0.1) is 0 Å². The van der Waals surface area contributed by atoms with Crippen molar-refractivity contribution in [2.75, 3.05) is 0 Å². The zero-order chi connectivity index (χ0) is 22.1. The standard InChI is InChI=1S/C21H20N4O5S/c26-20(22-13-16-7-3-1-4-8-16)21(27)25-23-14-17-11-12-18(30-17)15-24-31(28,29)19-9-5-2-6-10-19/h1-12,14,24H,13,15H2,(H,22,26)(H,25,27)/b23-14+. The second-order valence-electron chi connectivity index (χ2n) is 6.31. The first-order valence-electron chi connectivity index (χ1n) is 9.22. The SMILES string of the molecule is O=C(NCc1ccccc1)C(=O)N/N=C/c1ccc(CNS(=O)(=O)c2ccccc2)o1. The highest BCUT2D eigenvalue weighted by Crippen LogP contribution is 2.10. The van der Waals surface area contributed by atoms with Gasteiger partial charge >= 0.3 is 11.8 Å². The number of rotatable bonds is 8. The molecule has 9 nitrogen and oxygen atoms in total. The van der Waals surface area contributed by atoms with Gasteiger partial charge in [0, 0.05) is 6.54 Å². The van der Waals surface area contributed by atoms with Crippen molar-refractivity contribution < 1.29 is 22.4 Å². The molecule has 0 aliphatic rings. The fraction of sp³-hybridized carbons (Fsp3) is 0.0952. The van der Waals surface area contributed by atoms with E-state index in [-0.39, 0.29) is 23.7 Å². The van der Waals surface area contributed by atoms with Crippen LogP contribution in [0.25, 0.3) is 0 Å². The lowest BCUT2D eigenvalue weighted by Crippen LogP contribution is -2.37. The van der Waals surface area contributed by atoms with Crippen molar-refractivity contribution in [1.82, 2.24) is 15.5 Å². The van der Waals surface area contributed by atoms with E-state index in [1.807, 2.05) is 30.3 Å². The van der Waals surface area contributed by atoms with Gasteiger partial charge in [0.2, 0.25) is 10.0 Å². The van der Waals surface area contributed by atoms with Gasteiger partial charge < -0.3 is 9.73 Å². The quantitative estimate of drug-likeness (QED) is 0.278. The van der Waals surface area contributed by atoms with Gasteiger partial charge in [-0.05, 0) is 29.8 Å². The molecule has 0 unspecified atom stereocenters. The van der Waals surface area contributed by atoms with E-state index in [4.69, 9.17) is 4.42 Å². The van der Waals surface area contributed by atoms with Gasteiger partial charge in [-0.1, -0.05) is 48.5 Å². The molecule has 2 amide bonds. The van der Waals surface area contributed by atoms with Gasteiger partial charge in [0.25, 0.3) is 0 Å². The topological polar surface area (TPSA) is 130 Å². The van der Waals surface area contributed by atoms with E-state index in [2.05, 4.69) is 20.6 Å². The van der Waals surface area contributed by atoms with E-state index in [9.17, 15) is 18.0 Å². The summed E-state index contributed by atoms with van der Waals surface area (Å²) in [5, 5.41) is 6.15. The van der Waals surface area contributed by atoms with Crippen LogP contribution in [-0.4, -0.2) is 26.4 Å². The van der Waals surface area contributed by atoms with Gasteiger partial charge in [-0.3, -0.25) is 9.59 Å². The molecular weight excluding hydrogens is 420 g/mol. The summed E-state index contributed by atoms with van der Waals surface area (Å²) in [6.07, 6.45) is 1.21. The van der Waals surface area contributed by atoms with Gasteiger partial charge in [-0.2, -0.15) is 5.10 Å². The summed E-state index contributed by atoms with van der Waals surface area (Å²) in [7, 11) is -3.66. The van der Waals surface area contributed by atoms with Crippen molar-refractivity contribution in [1.29, 1.82) is 0 Å². The van der Waals surface area contributed by atoms with Crippen LogP contribution < -0.4 is 15.5 Å². The minimum atomic E-state index is -3.66. The lowest BCUT2D eigenvalue weighted by Gasteiger charge is -2.04. The number of sulfonamides is 1. The van der Waals surface area contributed by atoms with Crippen LogP contribution in [-0.2, 0) is 32.7 Å². The number of hydrazone groups is 1. The zero-order valence-corrected chi connectivity index (χ0v) is 17.1. The highest BCUT2D eigenvalue weighted by Gasteiger charge is 2.14. The molecule has 0 fully saturated rings. The second-order valence-corrected chi connectivity index (χ2v) is 8.08. The molecular formula is C21H20N4O5S. The Morgan fingerprint density at radius 1 is 0.871 bits per heavy atom. The Morgan fingerprint density at radius 2 is 1.55 bits per heavy atom. The molecule has 0 saturated carbocycles. The molecule has 3 rings (SSSR count). The minimum absolute atomic E-state index is 0.0562. The molecule has 160 valence electrons. The number of hydrogen-bond acceptors (Lipinski definition) is 6. The average molecular weight is 440 g/mol. The van der Waals surface area contributed by atoms with Crippen molar-refractivity contribution in [2.24, 2.45) is 5.10 Å². The number of carbonyl (C=O) groups excluding carboxylic acids is 2. The van der Waals surface area contributed by atoms with Crippen molar-refractivity contribution >= 4 is 28.1 Å². The molecule has 10 heteroatoms. The first-order valence-corrected chi connectivity index (χ1v) is 10.7. The minimum Gasteiger partial charge on any atom is -0.459 e. The van der Waals surface area contributed by atoms with Gasteiger partial charge in [0.15, 0.2) is 0 Å². The van der Waals surface area contributed by atoms with E-state index >= 15 is 0 Å². The van der Waals surface area contributed by atoms with Crippen LogP contribution in [0.1, 0.15) is 17.1 Å². The predicted molar refractivity (Wildman–Crippen MR) is 113 cm³/mol. The summed E-state index contributed by atoms with van der Waals surface area (Å²) in [5.41, 5.74) is 2.96. The lowest BCUT2D eigenvalue weighted by molar-refractivity contribution is -0.139. The van der Waals surface area contributed by atoms with Crippen molar-refractivity contribution in [3.63, 3.8) is 0 Å². The predicted octanol–water partition coefficient (Wildman–Crippen LogP) is 1.52. The Morgan fingerprint density at radius 3 is 2.26 bits per heavy atom. The van der Waals surface area contributed by atoms with Crippen molar-refractivity contribution in [2.45, 2.75) is 18.0 Å². The lowest BCUT2D eigenvalue weighted by atomic mass is 10.2. The van der Waals surface area contributed by atoms with Crippen LogP contribution in [0.15, 0.2) is 87.2 Å². The van der Waals surface area contributed by atoms with Crippen LogP contribution in [0.2, 0.25) is 0 Å². The maximum atomic E-state index is 12.2. The van der Waals surface area contributed by atoms with Crippen molar-refractivity contribution in [3.8, 4) is 0 Å². The first kappa shape index (κ1) is 21.9. The maximum absolute atomic E-state index is 12.2. The van der Waals surface area contributed by atoms with E-state index in [1.54, 1.807) is 30.3 Å². The number of carbonyl (C=O) groups is 2. The number of hydrogen-bond donors (Lipinski definition) is 3. The highest BCUT2D eigenvalue weighted by molar-refractivity contribution is 7.89. The molecule has 0 saturated heterocycles. The third-order valence-electron chi connectivity index (χ3n) is 4.03. The summed E-state index contributed by atoms with van der Waals surface area (Å²) in [6, 6.07) is 20.2. The van der Waals surface area contributed by atoms with E-state index in [0.717, 1.165) is 5.56 Å². The largest absolute Gasteiger partial charge is 0.459 e. The molecule has 0 aliphatic heterocycles. The molecule has 2 aromatic carbocycles. The van der Waals surface area contributed by atoms with Gasteiger partial charge in [0.1, 0.15) is 11.5 Å². The number of nitrogens with one attached hydrogen (secondary N) is 3. The molecule has 0 aliphatic carbocycles. The zero-order valence-electron chi connectivity index (χ0n) is 16.3. The summed E-state index contributed by atoms with van der Waals surface area (Å²) < 4.78 is 32.3. The Balaban J connectivity index is 1.45. The monoisotopic (exact) mass is 440 g/mol. The van der Waals surface area contributed by atoms with Crippen LogP contribution in [0.4, 0.5) is 0 Å². The molecule has 0 bridgehead atoms. The number of nitrogens with zero attached hydrogens (tertiary/aromatic N) is 1.